The maximum absolute atomic E-state index is 13.1. The van der Waals surface area contributed by atoms with Crippen LogP contribution in [-0.4, -0.2) is 96.7 Å². The van der Waals surface area contributed by atoms with Crippen molar-refractivity contribution < 1.29 is 80.2 Å². The molecule has 0 aromatic rings. The van der Waals surface area contributed by atoms with Crippen molar-refractivity contribution in [1.82, 2.24) is 0 Å². The monoisotopic (exact) mass is 1380 g/mol. The van der Waals surface area contributed by atoms with Crippen LogP contribution in [0.4, 0.5) is 0 Å². The number of carbonyl (C=O) groups is 4. The third-order valence-corrected chi connectivity index (χ3v) is 20.3. The topological polar surface area (TPSA) is 237 Å². The fourth-order valence-corrected chi connectivity index (χ4v) is 12.9. The molecule has 0 aliphatic rings. The summed E-state index contributed by atoms with van der Waals surface area (Å²) in [7, 11) is -9.91. The molecule has 94 heavy (non-hydrogen) atoms. The van der Waals surface area contributed by atoms with Crippen LogP contribution in [0.2, 0.25) is 0 Å². The minimum Gasteiger partial charge on any atom is -0.462 e. The molecule has 8 atom stereocenters. The average molecular weight is 1380 g/mol. The predicted molar refractivity (Wildman–Crippen MR) is 381 cm³/mol. The Morgan fingerprint density at radius 2 is 0.511 bits per heavy atom. The number of carbonyl (C=O) groups excluding carboxylic acids is 4. The van der Waals surface area contributed by atoms with Crippen LogP contribution in [-0.2, 0) is 65.4 Å². The number of ether oxygens (including phenoxy) is 4. The van der Waals surface area contributed by atoms with Crippen LogP contribution in [0.25, 0.3) is 0 Å². The first kappa shape index (κ1) is 92.1. The highest BCUT2D eigenvalue weighted by Gasteiger charge is 2.30. The van der Waals surface area contributed by atoms with Crippen molar-refractivity contribution in [3.05, 3.63) is 0 Å². The minimum absolute atomic E-state index is 0.102. The molecule has 17 nitrogen and oxygen atoms in total. The smallest absolute Gasteiger partial charge is 0.462 e. The van der Waals surface area contributed by atoms with E-state index in [1.807, 2.05) is 0 Å². The lowest BCUT2D eigenvalue weighted by Crippen LogP contribution is -2.30. The third-order valence-electron chi connectivity index (χ3n) is 18.4. The van der Waals surface area contributed by atoms with Gasteiger partial charge in [0.15, 0.2) is 12.2 Å². The van der Waals surface area contributed by atoms with Crippen LogP contribution >= 0.6 is 15.6 Å². The number of unbranched alkanes of at least 4 members (excludes halogenated alkanes) is 35. The molecule has 19 heteroatoms. The molecule has 0 aromatic carbocycles. The summed E-state index contributed by atoms with van der Waals surface area (Å²) in [6.45, 7) is 14.1. The quantitative estimate of drug-likeness (QED) is 0.0222. The maximum Gasteiger partial charge on any atom is 0.472 e. The van der Waals surface area contributed by atoms with Crippen LogP contribution < -0.4 is 0 Å². The van der Waals surface area contributed by atoms with Crippen molar-refractivity contribution in [2.45, 2.75) is 395 Å². The van der Waals surface area contributed by atoms with Gasteiger partial charge in [-0.25, -0.2) is 9.13 Å². The number of phosphoric acid groups is 2. The van der Waals surface area contributed by atoms with Gasteiger partial charge in [-0.1, -0.05) is 325 Å². The van der Waals surface area contributed by atoms with Crippen molar-refractivity contribution >= 4 is 39.5 Å². The van der Waals surface area contributed by atoms with E-state index in [2.05, 4.69) is 55.4 Å². The highest BCUT2D eigenvalue weighted by Crippen LogP contribution is 2.45. The van der Waals surface area contributed by atoms with Gasteiger partial charge < -0.3 is 33.8 Å². The molecule has 0 bridgehead atoms. The second-order valence-corrected chi connectivity index (χ2v) is 31.1. The Bertz CT molecular complexity index is 1860. The number of rotatable bonds is 72. The van der Waals surface area contributed by atoms with E-state index in [1.54, 1.807) is 0 Å². The first-order chi connectivity index (χ1) is 45.2. The molecule has 0 heterocycles. The fraction of sp³-hybridized carbons (Fsp3) is 0.947. The molecule has 558 valence electrons. The van der Waals surface area contributed by atoms with Crippen molar-refractivity contribution in [3.63, 3.8) is 0 Å². The summed E-state index contributed by atoms with van der Waals surface area (Å²) in [6.07, 6.45) is 48.8. The summed E-state index contributed by atoms with van der Waals surface area (Å²) < 4.78 is 68.4. The van der Waals surface area contributed by atoms with Gasteiger partial charge in [-0.15, -0.1) is 0 Å². The zero-order valence-corrected chi connectivity index (χ0v) is 63.4. The lowest BCUT2D eigenvalue weighted by molar-refractivity contribution is -0.161. The van der Waals surface area contributed by atoms with E-state index in [4.69, 9.17) is 37.0 Å². The number of aliphatic hydroxyl groups excluding tert-OH is 1. The van der Waals surface area contributed by atoms with Crippen LogP contribution in [0.5, 0.6) is 0 Å². The van der Waals surface area contributed by atoms with Gasteiger partial charge in [0.2, 0.25) is 0 Å². The molecule has 0 rings (SSSR count). The summed E-state index contributed by atoms with van der Waals surface area (Å²) in [5.74, 6) is 0.938. The van der Waals surface area contributed by atoms with Crippen molar-refractivity contribution in [2.24, 2.45) is 23.7 Å². The Balaban J connectivity index is 5.18. The number of esters is 4. The van der Waals surface area contributed by atoms with Gasteiger partial charge in [-0.2, -0.15) is 0 Å². The Morgan fingerprint density at radius 1 is 0.298 bits per heavy atom. The predicted octanol–water partition coefficient (Wildman–Crippen LogP) is 21.7. The zero-order valence-electron chi connectivity index (χ0n) is 61.6. The lowest BCUT2D eigenvalue weighted by atomic mass is 9.99. The van der Waals surface area contributed by atoms with E-state index in [-0.39, 0.29) is 25.7 Å². The molecular formula is C75H146O17P2. The Labute approximate surface area is 575 Å². The molecular weight excluding hydrogens is 1230 g/mol. The highest BCUT2D eigenvalue weighted by atomic mass is 31.2. The normalized spacial score (nSPS) is 15.0. The van der Waals surface area contributed by atoms with Crippen LogP contribution in [0.15, 0.2) is 0 Å². The lowest BCUT2D eigenvalue weighted by Gasteiger charge is -2.21. The minimum atomic E-state index is -4.96. The standard InChI is InChI=1S/C75H146O17P2/c1-9-66(6)52-44-36-28-24-20-18-16-14-12-13-15-17-19-21-25-30-41-49-57-74(79)91-70(61-85-72(77)55-47-39-29-26-22-23-27-35-43-51-65(4)5)63-89-93(81,82)87-59-69(76)60-88-94(83,84)90-64-71(92-75(80)58-50-42-34-32-38-46-54-68(8)11-3)62-86-73(78)56-48-40-33-31-37-45-53-67(7)10-2/h65-71,76H,9-64H2,1-8H3,(H,81,82)(H,83,84)/t66?,67?,68?,69-,70-,71-/m1/s1. The second kappa shape index (κ2) is 64.4. The van der Waals surface area contributed by atoms with Crippen molar-refractivity contribution in [3.8, 4) is 0 Å². The highest BCUT2D eigenvalue weighted by molar-refractivity contribution is 7.47. The number of aliphatic hydroxyl groups is 1. The summed E-state index contributed by atoms with van der Waals surface area (Å²) >= 11 is 0. The molecule has 0 amide bonds. The van der Waals surface area contributed by atoms with Crippen LogP contribution in [0.3, 0.4) is 0 Å². The van der Waals surface area contributed by atoms with Gasteiger partial charge in [0, 0.05) is 25.7 Å². The molecule has 0 aliphatic heterocycles. The molecule has 3 N–H and O–H groups in total. The second-order valence-electron chi connectivity index (χ2n) is 28.2. The Morgan fingerprint density at radius 3 is 0.755 bits per heavy atom. The Kier molecular flexibility index (Phi) is 63.1. The van der Waals surface area contributed by atoms with Crippen LogP contribution in [0, 0.1) is 23.7 Å². The average Bonchev–Trinajstić information content (AvgIpc) is 1.55. The van der Waals surface area contributed by atoms with Crippen molar-refractivity contribution in [1.29, 1.82) is 0 Å². The summed E-state index contributed by atoms with van der Waals surface area (Å²) in [5, 5.41) is 10.6. The van der Waals surface area contributed by atoms with E-state index in [0.29, 0.717) is 25.7 Å². The number of hydrogen-bond acceptors (Lipinski definition) is 15. The van der Waals surface area contributed by atoms with Crippen molar-refractivity contribution in [2.75, 3.05) is 39.6 Å². The van der Waals surface area contributed by atoms with E-state index >= 15 is 0 Å². The first-order valence-corrected chi connectivity index (χ1v) is 41.8. The van der Waals surface area contributed by atoms with Gasteiger partial charge >= 0.3 is 39.5 Å². The number of phosphoric ester groups is 2. The van der Waals surface area contributed by atoms with Gasteiger partial charge in [0.25, 0.3) is 0 Å². The first-order valence-electron chi connectivity index (χ1n) is 38.8. The zero-order chi connectivity index (χ0) is 69.6. The van der Waals surface area contributed by atoms with E-state index in [9.17, 15) is 43.2 Å². The fourth-order valence-electron chi connectivity index (χ4n) is 11.3. The van der Waals surface area contributed by atoms with E-state index in [0.717, 1.165) is 120 Å². The summed E-state index contributed by atoms with van der Waals surface area (Å²) in [5.41, 5.74) is 0. The largest absolute Gasteiger partial charge is 0.472 e. The third kappa shape index (κ3) is 64.7. The van der Waals surface area contributed by atoms with Gasteiger partial charge in [0.1, 0.15) is 19.3 Å². The molecule has 0 fully saturated rings. The molecule has 0 aliphatic carbocycles. The van der Waals surface area contributed by atoms with Gasteiger partial charge in [-0.05, 0) is 49.4 Å². The molecule has 0 spiro atoms. The summed E-state index contributed by atoms with van der Waals surface area (Å²) in [4.78, 5) is 72.7. The number of hydrogen-bond donors (Lipinski definition) is 3. The molecule has 0 saturated heterocycles. The van der Waals surface area contributed by atoms with Gasteiger partial charge in [0.05, 0.1) is 26.4 Å². The SMILES string of the molecule is CCC(C)CCCCCCCCCCCCCCCCCCCCC(=O)O[C@H](COC(=O)CCCCCCCCCCCC(C)C)COP(=O)(O)OC[C@@H](O)COP(=O)(O)OC[C@@H](COC(=O)CCCCCCCCC(C)CC)OC(=O)CCCCCCCCC(C)CC. The molecule has 0 aromatic heterocycles. The van der Waals surface area contributed by atoms with E-state index in [1.165, 1.54) is 173 Å². The van der Waals surface area contributed by atoms with Crippen LogP contribution in [0.1, 0.15) is 376 Å². The molecule has 0 saturated carbocycles. The maximum atomic E-state index is 13.1. The van der Waals surface area contributed by atoms with Gasteiger partial charge in [-0.3, -0.25) is 37.3 Å². The molecule has 0 radical (unpaired) electrons. The van der Waals surface area contributed by atoms with E-state index < -0.39 is 97.5 Å². The Hall–Kier alpha value is -1.94. The molecule has 5 unspecified atom stereocenters. The summed E-state index contributed by atoms with van der Waals surface area (Å²) in [6, 6.07) is 0.